The number of piperazine rings is 1. The van der Waals surface area contributed by atoms with E-state index in [1.165, 1.54) is 0 Å². The summed E-state index contributed by atoms with van der Waals surface area (Å²) in [5.74, 6) is 0. The highest BCUT2D eigenvalue weighted by atomic mass is 35.5. The number of benzene rings is 1. The molecule has 1 fully saturated rings. The van der Waals surface area contributed by atoms with Gasteiger partial charge in [0.15, 0.2) is 0 Å². The normalized spacial score (nSPS) is 20.8. The van der Waals surface area contributed by atoms with Crippen LogP contribution in [0.3, 0.4) is 0 Å². The van der Waals surface area contributed by atoms with Crippen molar-refractivity contribution in [3.63, 3.8) is 0 Å². The molecule has 0 bridgehead atoms. The van der Waals surface area contributed by atoms with E-state index in [-0.39, 0.29) is 18.4 Å². The predicted molar refractivity (Wildman–Crippen MR) is 81.7 cm³/mol. The summed E-state index contributed by atoms with van der Waals surface area (Å²) < 4.78 is 26.5. The van der Waals surface area contributed by atoms with E-state index in [1.54, 1.807) is 34.3 Å². The number of hydrogen-bond acceptors (Lipinski definition) is 4. The Morgan fingerprint density at radius 1 is 1.42 bits per heavy atom. The molecule has 1 heterocycles. The number of thioether (sulfide) groups is 1. The van der Waals surface area contributed by atoms with Crippen molar-refractivity contribution < 1.29 is 8.42 Å². The number of nitrogens with zero attached hydrogens (tertiary/aromatic N) is 1. The van der Waals surface area contributed by atoms with Gasteiger partial charge in [-0.1, -0.05) is 6.07 Å². The Morgan fingerprint density at radius 3 is 2.79 bits per heavy atom. The summed E-state index contributed by atoms with van der Waals surface area (Å²) in [5.41, 5.74) is 0. The third-order valence-electron chi connectivity index (χ3n) is 3.01. The molecule has 0 spiro atoms. The topological polar surface area (TPSA) is 49.4 Å². The molecule has 1 aromatic carbocycles. The molecule has 0 unspecified atom stereocenters. The first-order valence-electron chi connectivity index (χ1n) is 5.91. The van der Waals surface area contributed by atoms with Crippen molar-refractivity contribution in [1.29, 1.82) is 0 Å². The number of halogens is 1. The molecule has 0 radical (unpaired) electrons. The van der Waals surface area contributed by atoms with E-state index in [0.29, 0.717) is 24.5 Å². The highest BCUT2D eigenvalue weighted by Gasteiger charge is 2.28. The number of sulfonamides is 1. The zero-order valence-electron chi connectivity index (χ0n) is 11.0. The monoisotopic (exact) mass is 322 g/mol. The molecule has 4 nitrogen and oxygen atoms in total. The first-order valence-corrected chi connectivity index (χ1v) is 8.58. The smallest absolute Gasteiger partial charge is 0.243 e. The van der Waals surface area contributed by atoms with Crippen LogP contribution < -0.4 is 5.32 Å². The van der Waals surface area contributed by atoms with Crippen molar-refractivity contribution in [3.05, 3.63) is 24.3 Å². The average Bonchev–Trinajstić information content (AvgIpc) is 2.39. The van der Waals surface area contributed by atoms with Gasteiger partial charge in [-0.05, 0) is 31.4 Å². The van der Waals surface area contributed by atoms with Crippen LogP contribution in [0.5, 0.6) is 0 Å². The Labute approximate surface area is 125 Å². The van der Waals surface area contributed by atoms with Gasteiger partial charge in [-0.2, -0.15) is 4.31 Å². The van der Waals surface area contributed by atoms with E-state index < -0.39 is 10.0 Å². The van der Waals surface area contributed by atoms with Gasteiger partial charge in [0, 0.05) is 30.6 Å². The zero-order valence-corrected chi connectivity index (χ0v) is 13.4. The van der Waals surface area contributed by atoms with E-state index in [1.807, 2.05) is 19.2 Å². The molecule has 1 atom stereocenters. The molecule has 7 heteroatoms. The fourth-order valence-corrected chi connectivity index (χ4v) is 4.14. The molecule has 1 aliphatic heterocycles. The molecule has 1 saturated heterocycles. The minimum atomic E-state index is -3.35. The maximum Gasteiger partial charge on any atom is 0.243 e. The van der Waals surface area contributed by atoms with Gasteiger partial charge in [0.1, 0.15) is 0 Å². The van der Waals surface area contributed by atoms with E-state index in [4.69, 9.17) is 0 Å². The molecule has 1 aliphatic rings. The van der Waals surface area contributed by atoms with Crippen LogP contribution in [0.15, 0.2) is 34.1 Å². The lowest BCUT2D eigenvalue weighted by Crippen LogP contribution is -2.51. The van der Waals surface area contributed by atoms with Crippen LogP contribution in [-0.4, -0.2) is 44.7 Å². The highest BCUT2D eigenvalue weighted by molar-refractivity contribution is 7.98. The number of hydrogen-bond donors (Lipinski definition) is 1. The Bertz CT molecular complexity index is 522. The quantitative estimate of drug-likeness (QED) is 0.862. The Morgan fingerprint density at radius 2 is 2.16 bits per heavy atom. The standard InChI is InChI=1S/C12H18N2O2S2.ClH/c1-10-9-14(7-6-13-10)18(15,16)12-5-3-4-11(8-12)17-2;/h3-5,8,10,13H,6-7,9H2,1-2H3;1H/t10-;/m0./s1. The van der Waals surface area contributed by atoms with Crippen molar-refractivity contribution in [1.82, 2.24) is 9.62 Å². The van der Waals surface area contributed by atoms with Gasteiger partial charge in [0.25, 0.3) is 0 Å². The first-order chi connectivity index (χ1) is 8.54. The van der Waals surface area contributed by atoms with Gasteiger partial charge in [-0.15, -0.1) is 24.2 Å². The van der Waals surface area contributed by atoms with Crippen molar-refractivity contribution in [3.8, 4) is 0 Å². The summed E-state index contributed by atoms with van der Waals surface area (Å²) in [6.45, 7) is 3.78. The second-order valence-electron chi connectivity index (χ2n) is 4.40. The Balaban J connectivity index is 0.00000180. The van der Waals surface area contributed by atoms with Crippen molar-refractivity contribution in [2.24, 2.45) is 0 Å². The van der Waals surface area contributed by atoms with Gasteiger partial charge >= 0.3 is 0 Å². The maximum absolute atomic E-state index is 12.5. The maximum atomic E-state index is 12.5. The largest absolute Gasteiger partial charge is 0.312 e. The summed E-state index contributed by atoms with van der Waals surface area (Å²) in [5, 5.41) is 3.25. The Kier molecular flexibility index (Phi) is 6.14. The van der Waals surface area contributed by atoms with Crippen LogP contribution in [0.25, 0.3) is 0 Å². The average molecular weight is 323 g/mol. The third-order valence-corrected chi connectivity index (χ3v) is 5.60. The van der Waals surface area contributed by atoms with Gasteiger partial charge in [0.2, 0.25) is 10.0 Å². The molecule has 0 saturated carbocycles. The second kappa shape index (κ2) is 6.95. The zero-order chi connectivity index (χ0) is 13.2. The summed E-state index contributed by atoms with van der Waals surface area (Å²) in [7, 11) is -3.35. The van der Waals surface area contributed by atoms with Crippen LogP contribution in [0.4, 0.5) is 0 Å². The van der Waals surface area contributed by atoms with Crippen molar-refractivity contribution >= 4 is 34.2 Å². The summed E-state index contributed by atoms with van der Waals surface area (Å²) >= 11 is 1.55. The predicted octanol–water partition coefficient (Wildman–Crippen LogP) is 1.81. The molecular weight excluding hydrogens is 304 g/mol. The third kappa shape index (κ3) is 3.86. The van der Waals surface area contributed by atoms with E-state index >= 15 is 0 Å². The lowest BCUT2D eigenvalue weighted by Gasteiger charge is -2.31. The van der Waals surface area contributed by atoms with Gasteiger partial charge < -0.3 is 5.32 Å². The molecule has 1 aromatic rings. The van der Waals surface area contributed by atoms with E-state index in [0.717, 1.165) is 4.90 Å². The van der Waals surface area contributed by atoms with E-state index in [9.17, 15) is 8.42 Å². The van der Waals surface area contributed by atoms with Crippen molar-refractivity contribution in [2.45, 2.75) is 22.8 Å². The SMILES string of the molecule is CSc1cccc(S(=O)(=O)N2CCN[C@@H](C)C2)c1.Cl. The lowest BCUT2D eigenvalue weighted by molar-refractivity contribution is 0.310. The van der Waals surface area contributed by atoms with Crippen molar-refractivity contribution in [2.75, 3.05) is 25.9 Å². The summed E-state index contributed by atoms with van der Waals surface area (Å²) in [6.07, 6.45) is 1.94. The first kappa shape index (κ1) is 16.8. The molecule has 1 N–H and O–H groups in total. The lowest BCUT2D eigenvalue weighted by atomic mass is 10.3. The fourth-order valence-electron chi connectivity index (χ4n) is 2.03. The molecule has 19 heavy (non-hydrogen) atoms. The Hall–Kier alpha value is -0.270. The van der Waals surface area contributed by atoms with E-state index in [2.05, 4.69) is 5.32 Å². The minimum Gasteiger partial charge on any atom is -0.312 e. The molecule has 108 valence electrons. The fraction of sp³-hybridized carbons (Fsp3) is 0.500. The molecule has 0 amide bonds. The summed E-state index contributed by atoms with van der Waals surface area (Å²) in [6, 6.07) is 7.33. The highest BCUT2D eigenvalue weighted by Crippen LogP contribution is 2.22. The molecule has 0 aliphatic carbocycles. The van der Waals surface area contributed by atoms with Gasteiger partial charge in [-0.25, -0.2) is 8.42 Å². The second-order valence-corrected chi connectivity index (χ2v) is 7.21. The number of rotatable bonds is 3. The van der Waals surface area contributed by atoms with Gasteiger partial charge in [-0.3, -0.25) is 0 Å². The van der Waals surface area contributed by atoms with Crippen LogP contribution in [0.1, 0.15) is 6.92 Å². The van der Waals surface area contributed by atoms with Crippen LogP contribution >= 0.6 is 24.2 Å². The number of nitrogens with one attached hydrogen (secondary N) is 1. The van der Waals surface area contributed by atoms with Gasteiger partial charge in [0.05, 0.1) is 4.90 Å². The van der Waals surface area contributed by atoms with Crippen LogP contribution in [-0.2, 0) is 10.0 Å². The van der Waals surface area contributed by atoms with Crippen LogP contribution in [0.2, 0.25) is 0 Å². The minimum absolute atomic E-state index is 0. The molecule has 0 aromatic heterocycles. The molecular formula is C12H19ClN2O2S2. The summed E-state index contributed by atoms with van der Waals surface area (Å²) in [4.78, 5) is 1.36. The van der Waals surface area contributed by atoms with Crippen LogP contribution in [0, 0.1) is 0 Å². The molecule has 2 rings (SSSR count).